The first-order chi connectivity index (χ1) is 18.5. The summed E-state index contributed by atoms with van der Waals surface area (Å²) in [5.74, 6) is -0.294. The third-order valence-electron chi connectivity index (χ3n) is 7.95. The van der Waals surface area contributed by atoms with Crippen LogP contribution in [-0.4, -0.2) is 74.4 Å². The SMILES string of the molecule is COCCOc1ccc(-c2cccc3c2C(OC)(C2CCCN(CCn4cccc4)C2)N(C)C3=O)cc1F. The van der Waals surface area contributed by atoms with Crippen LogP contribution < -0.4 is 4.74 Å². The molecule has 3 aromatic rings. The number of fused-ring (bicyclic) bond motifs is 1. The van der Waals surface area contributed by atoms with Gasteiger partial charge in [0, 0.05) is 70.3 Å². The lowest BCUT2D eigenvalue weighted by Crippen LogP contribution is -2.54. The Kier molecular flexibility index (Phi) is 7.83. The Bertz CT molecular complexity index is 1260. The van der Waals surface area contributed by atoms with Gasteiger partial charge in [0.1, 0.15) is 6.61 Å². The van der Waals surface area contributed by atoms with Crippen molar-refractivity contribution in [2.45, 2.75) is 25.1 Å². The number of aromatic nitrogens is 1. The number of nitrogens with zero attached hydrogens (tertiary/aromatic N) is 3. The standard InChI is InChI=1S/C30H36FN3O4/c1-32-29(35)25-10-6-9-24(22-11-12-27(26(31)20-22)38-19-18-36-2)28(25)30(32,37-3)23-8-7-15-34(21-23)17-16-33-13-4-5-14-33/h4-6,9-14,20,23H,7-8,15-19,21H2,1-3H3. The van der Waals surface area contributed by atoms with Crippen molar-refractivity contribution in [1.29, 1.82) is 0 Å². The normalized spacial score (nSPS) is 21.6. The first kappa shape index (κ1) is 26.4. The summed E-state index contributed by atoms with van der Waals surface area (Å²) in [7, 11) is 5.08. The fourth-order valence-electron chi connectivity index (χ4n) is 6.11. The largest absolute Gasteiger partial charge is 0.488 e. The van der Waals surface area contributed by atoms with Crippen LogP contribution >= 0.6 is 0 Å². The average Bonchev–Trinajstić information content (AvgIpc) is 3.54. The van der Waals surface area contributed by atoms with Crippen LogP contribution in [0.5, 0.6) is 5.75 Å². The molecule has 2 unspecified atom stereocenters. The Balaban J connectivity index is 1.49. The second-order valence-corrected chi connectivity index (χ2v) is 10.0. The highest BCUT2D eigenvalue weighted by atomic mass is 19.1. The van der Waals surface area contributed by atoms with Gasteiger partial charge in [0.25, 0.3) is 5.91 Å². The van der Waals surface area contributed by atoms with Crippen LogP contribution in [0.2, 0.25) is 0 Å². The van der Waals surface area contributed by atoms with E-state index in [9.17, 15) is 4.79 Å². The number of likely N-dealkylation sites (tertiary alicyclic amines) is 1. The van der Waals surface area contributed by atoms with Crippen LogP contribution in [0, 0.1) is 11.7 Å². The summed E-state index contributed by atoms with van der Waals surface area (Å²) in [6, 6.07) is 14.7. The third kappa shape index (κ3) is 4.72. The molecule has 0 spiro atoms. The average molecular weight is 522 g/mol. The number of rotatable bonds is 10. The number of amides is 1. The molecule has 1 aromatic heterocycles. The monoisotopic (exact) mass is 521 g/mol. The van der Waals surface area contributed by atoms with Crippen molar-refractivity contribution in [2.75, 3.05) is 54.1 Å². The van der Waals surface area contributed by atoms with Crippen molar-refractivity contribution < 1.29 is 23.4 Å². The Morgan fingerprint density at radius 2 is 1.82 bits per heavy atom. The summed E-state index contributed by atoms with van der Waals surface area (Å²) in [5.41, 5.74) is 1.97. The van der Waals surface area contributed by atoms with Gasteiger partial charge in [-0.3, -0.25) is 4.79 Å². The van der Waals surface area contributed by atoms with E-state index in [4.69, 9.17) is 14.2 Å². The molecule has 2 atom stereocenters. The summed E-state index contributed by atoms with van der Waals surface area (Å²) in [5, 5.41) is 0. The Morgan fingerprint density at radius 1 is 1.03 bits per heavy atom. The minimum Gasteiger partial charge on any atom is -0.488 e. The molecule has 2 aromatic carbocycles. The number of ether oxygens (including phenoxy) is 3. The Labute approximate surface area is 223 Å². The number of hydrogen-bond donors (Lipinski definition) is 0. The smallest absolute Gasteiger partial charge is 0.256 e. The molecule has 8 heteroatoms. The van der Waals surface area contributed by atoms with E-state index in [0.29, 0.717) is 17.7 Å². The second kappa shape index (κ2) is 11.3. The molecule has 3 heterocycles. The molecule has 1 amide bonds. The van der Waals surface area contributed by atoms with Crippen molar-refractivity contribution in [3.63, 3.8) is 0 Å². The number of carbonyl (C=O) groups excluding carboxylic acids is 1. The molecule has 202 valence electrons. The van der Waals surface area contributed by atoms with Crippen molar-refractivity contribution in [2.24, 2.45) is 5.92 Å². The zero-order chi connectivity index (χ0) is 26.7. The summed E-state index contributed by atoms with van der Waals surface area (Å²) in [6.45, 7) is 4.30. The molecular weight excluding hydrogens is 485 g/mol. The molecule has 0 bridgehead atoms. The molecule has 0 radical (unpaired) electrons. The number of piperidine rings is 1. The number of carbonyl (C=O) groups is 1. The third-order valence-corrected chi connectivity index (χ3v) is 7.95. The zero-order valence-corrected chi connectivity index (χ0v) is 22.4. The minimum absolute atomic E-state index is 0.0590. The van der Waals surface area contributed by atoms with Gasteiger partial charge in [-0.05, 0) is 60.8 Å². The number of hydrogen-bond acceptors (Lipinski definition) is 5. The maximum absolute atomic E-state index is 15.1. The first-order valence-electron chi connectivity index (χ1n) is 13.2. The molecular formula is C30H36FN3O4. The van der Waals surface area contributed by atoms with Gasteiger partial charge in [-0.25, -0.2) is 4.39 Å². The molecule has 0 aliphatic carbocycles. The maximum Gasteiger partial charge on any atom is 0.256 e. The highest BCUT2D eigenvalue weighted by molar-refractivity contribution is 6.02. The van der Waals surface area contributed by atoms with E-state index in [1.807, 2.05) is 43.4 Å². The fourth-order valence-corrected chi connectivity index (χ4v) is 6.11. The lowest BCUT2D eigenvalue weighted by molar-refractivity contribution is -0.159. The molecule has 2 aliphatic rings. The Hall–Kier alpha value is -3.20. The molecule has 2 aliphatic heterocycles. The van der Waals surface area contributed by atoms with Crippen LogP contribution in [0.4, 0.5) is 4.39 Å². The highest BCUT2D eigenvalue weighted by Gasteiger charge is 2.55. The van der Waals surface area contributed by atoms with E-state index >= 15 is 4.39 Å². The van der Waals surface area contributed by atoms with Crippen LogP contribution in [-0.2, 0) is 21.7 Å². The summed E-state index contributed by atoms with van der Waals surface area (Å²) in [4.78, 5) is 17.8. The summed E-state index contributed by atoms with van der Waals surface area (Å²) >= 11 is 0. The van der Waals surface area contributed by atoms with Gasteiger partial charge in [0.2, 0.25) is 0 Å². The van der Waals surface area contributed by atoms with Crippen LogP contribution in [0.25, 0.3) is 11.1 Å². The summed E-state index contributed by atoms with van der Waals surface area (Å²) < 4.78 is 34.1. The van der Waals surface area contributed by atoms with Gasteiger partial charge < -0.3 is 28.6 Å². The number of methoxy groups -OCH3 is 2. The van der Waals surface area contributed by atoms with Crippen LogP contribution in [0.15, 0.2) is 60.9 Å². The molecule has 38 heavy (non-hydrogen) atoms. The number of halogens is 1. The van der Waals surface area contributed by atoms with Gasteiger partial charge in [-0.15, -0.1) is 0 Å². The summed E-state index contributed by atoms with van der Waals surface area (Å²) in [6.07, 6.45) is 6.11. The maximum atomic E-state index is 15.1. The molecule has 0 N–H and O–H groups in total. The van der Waals surface area contributed by atoms with Gasteiger partial charge in [0.05, 0.1) is 6.61 Å². The first-order valence-corrected chi connectivity index (χ1v) is 13.2. The predicted octanol–water partition coefficient (Wildman–Crippen LogP) is 4.62. The molecule has 0 saturated carbocycles. The van der Waals surface area contributed by atoms with Crippen molar-refractivity contribution in [1.82, 2.24) is 14.4 Å². The predicted molar refractivity (Wildman–Crippen MR) is 144 cm³/mol. The van der Waals surface area contributed by atoms with Crippen molar-refractivity contribution >= 4 is 5.91 Å². The van der Waals surface area contributed by atoms with E-state index < -0.39 is 11.5 Å². The lowest BCUT2D eigenvalue weighted by atomic mass is 9.79. The van der Waals surface area contributed by atoms with Crippen molar-refractivity contribution in [3.8, 4) is 16.9 Å². The van der Waals surface area contributed by atoms with Gasteiger partial charge >= 0.3 is 0 Å². The van der Waals surface area contributed by atoms with Crippen molar-refractivity contribution in [3.05, 3.63) is 77.9 Å². The zero-order valence-electron chi connectivity index (χ0n) is 22.4. The molecule has 1 fully saturated rings. The van der Waals surface area contributed by atoms with E-state index in [0.717, 1.165) is 50.1 Å². The van der Waals surface area contributed by atoms with E-state index in [-0.39, 0.29) is 24.2 Å². The van der Waals surface area contributed by atoms with E-state index in [2.05, 4.69) is 21.9 Å². The quantitative estimate of drug-likeness (QED) is 0.365. The molecule has 7 nitrogen and oxygen atoms in total. The van der Waals surface area contributed by atoms with Crippen LogP contribution in [0.1, 0.15) is 28.8 Å². The van der Waals surface area contributed by atoms with Gasteiger partial charge in [0.15, 0.2) is 17.3 Å². The van der Waals surface area contributed by atoms with Crippen LogP contribution in [0.3, 0.4) is 0 Å². The molecule has 5 rings (SSSR count). The van der Waals surface area contributed by atoms with E-state index in [1.54, 1.807) is 25.2 Å². The Morgan fingerprint density at radius 3 is 2.55 bits per heavy atom. The van der Waals surface area contributed by atoms with E-state index in [1.165, 1.54) is 6.07 Å². The fraction of sp³-hybridized carbons (Fsp3) is 0.433. The lowest BCUT2D eigenvalue weighted by Gasteiger charge is -2.46. The topological polar surface area (TPSA) is 56.2 Å². The minimum atomic E-state index is -0.945. The molecule has 1 saturated heterocycles. The second-order valence-electron chi connectivity index (χ2n) is 10.0. The number of benzene rings is 2. The van der Waals surface area contributed by atoms with Gasteiger partial charge in [-0.2, -0.15) is 0 Å². The highest BCUT2D eigenvalue weighted by Crippen LogP contribution is 2.50. The van der Waals surface area contributed by atoms with Gasteiger partial charge in [-0.1, -0.05) is 18.2 Å².